The lowest BCUT2D eigenvalue weighted by Gasteiger charge is -2.31. The van der Waals surface area contributed by atoms with E-state index in [1.54, 1.807) is 27.0 Å². The Kier molecular flexibility index (Phi) is 11.6. The average Bonchev–Trinajstić information content (AvgIpc) is 3.72. The van der Waals surface area contributed by atoms with E-state index in [9.17, 15) is 19.2 Å². The second-order valence-corrected chi connectivity index (χ2v) is 12.6. The van der Waals surface area contributed by atoms with Crippen molar-refractivity contribution in [1.82, 2.24) is 45.8 Å². The minimum absolute atomic E-state index is 0.0347. The molecule has 2 aromatic heterocycles. The van der Waals surface area contributed by atoms with Crippen LogP contribution in [0.3, 0.4) is 0 Å². The van der Waals surface area contributed by atoms with Gasteiger partial charge >= 0.3 is 0 Å². The van der Waals surface area contributed by atoms with Crippen LogP contribution in [0, 0.1) is 12.8 Å². The monoisotopic (exact) mass is 685 g/mol. The predicted octanol–water partition coefficient (Wildman–Crippen LogP) is 2.17. The van der Waals surface area contributed by atoms with Crippen LogP contribution in [0.5, 0.6) is 5.75 Å². The summed E-state index contributed by atoms with van der Waals surface area (Å²) in [7, 11) is 1.55. The molecule has 15 nitrogen and oxygen atoms in total. The third kappa shape index (κ3) is 9.09. The maximum Gasteiger partial charge on any atom is 0.242 e. The Morgan fingerprint density at radius 2 is 1.70 bits per heavy atom. The molecule has 0 saturated carbocycles. The van der Waals surface area contributed by atoms with E-state index in [4.69, 9.17) is 9.26 Å². The molecule has 1 aliphatic heterocycles. The fourth-order valence-corrected chi connectivity index (χ4v) is 5.69. The van der Waals surface area contributed by atoms with Gasteiger partial charge in [-0.05, 0) is 43.9 Å². The number of hydrogen-bond donors (Lipinski definition) is 3. The minimum atomic E-state index is -0.874. The number of nitrogens with zero attached hydrogens (tertiary/aromatic N) is 6. The molecular weight excluding hydrogens is 642 g/mol. The van der Waals surface area contributed by atoms with Crippen LogP contribution in [-0.4, -0.2) is 85.7 Å². The molecule has 5 rings (SSSR count). The van der Waals surface area contributed by atoms with Crippen molar-refractivity contribution in [1.29, 1.82) is 0 Å². The van der Waals surface area contributed by atoms with Crippen molar-refractivity contribution in [3.8, 4) is 17.1 Å². The van der Waals surface area contributed by atoms with Crippen molar-refractivity contribution in [2.75, 3.05) is 20.2 Å². The Labute approximate surface area is 290 Å². The molecule has 3 heterocycles. The summed E-state index contributed by atoms with van der Waals surface area (Å²) in [6, 6.07) is 14.7. The summed E-state index contributed by atoms with van der Waals surface area (Å²) in [4.78, 5) is 64.5. The molecule has 1 aliphatic rings. The van der Waals surface area contributed by atoms with Crippen molar-refractivity contribution in [3.05, 3.63) is 77.7 Å². The van der Waals surface area contributed by atoms with Gasteiger partial charge in [-0.3, -0.25) is 19.2 Å². The Morgan fingerprint density at radius 1 is 0.980 bits per heavy atom. The molecular formula is C35H43N9O6. The van der Waals surface area contributed by atoms with E-state index in [1.807, 2.05) is 62.4 Å². The zero-order chi connectivity index (χ0) is 35.8. The van der Waals surface area contributed by atoms with Crippen molar-refractivity contribution >= 4 is 23.6 Å². The number of carbonyl (C=O) groups excluding carboxylic acids is 4. The molecule has 0 spiro atoms. The molecule has 4 amide bonds. The number of aryl methyl sites for hydroxylation is 2. The molecule has 3 N–H and O–H groups in total. The van der Waals surface area contributed by atoms with Gasteiger partial charge in [0.2, 0.25) is 35.3 Å². The largest absolute Gasteiger partial charge is 0.496 e. The standard InChI is InChI=1S/C35H43N9O6/c1-21(2)27-18-43(32(47)16-15-31-40-33(42-50-31)25-13-9-10-14-28(25)49-5)19-29(45)38-26(17-24-11-7-6-8-12-24)34-37-23(4)41-44(34)20-30(46)36-22(3)35(48)39-27/h6-14,21-22,26-27H,15-20H2,1-5H3,(H,36,46)(H,38,45)(H,39,48)/t22-,26+,27-/m1/s1. The molecule has 0 unspecified atom stereocenters. The number of methoxy groups -OCH3 is 1. The molecule has 15 heteroatoms. The van der Waals surface area contributed by atoms with E-state index >= 15 is 0 Å². The highest BCUT2D eigenvalue weighted by Crippen LogP contribution is 2.27. The first kappa shape index (κ1) is 35.7. The number of nitrogens with one attached hydrogen (secondary N) is 3. The first-order chi connectivity index (χ1) is 24.0. The molecule has 0 radical (unpaired) electrons. The highest BCUT2D eigenvalue weighted by Gasteiger charge is 2.30. The zero-order valence-electron chi connectivity index (χ0n) is 28.9. The quantitative estimate of drug-likeness (QED) is 0.248. The Hall–Kier alpha value is -5.60. The molecule has 264 valence electrons. The van der Waals surface area contributed by atoms with Crippen LogP contribution in [-0.2, 0) is 38.6 Å². The molecule has 3 atom stereocenters. The number of benzene rings is 2. The lowest BCUT2D eigenvalue weighted by Crippen LogP contribution is -2.54. The third-order valence-electron chi connectivity index (χ3n) is 8.41. The molecule has 4 aromatic rings. The maximum absolute atomic E-state index is 13.9. The van der Waals surface area contributed by atoms with Crippen LogP contribution in [0.2, 0.25) is 0 Å². The summed E-state index contributed by atoms with van der Waals surface area (Å²) in [6.45, 7) is 6.65. The Bertz CT molecular complexity index is 1800. The summed E-state index contributed by atoms with van der Waals surface area (Å²) in [5, 5.41) is 17.2. The first-order valence-electron chi connectivity index (χ1n) is 16.6. The van der Waals surface area contributed by atoms with E-state index in [-0.39, 0.29) is 50.2 Å². The van der Waals surface area contributed by atoms with Gasteiger partial charge in [-0.1, -0.05) is 61.5 Å². The lowest BCUT2D eigenvalue weighted by atomic mass is 10.0. The smallest absolute Gasteiger partial charge is 0.242 e. The van der Waals surface area contributed by atoms with E-state index in [1.165, 1.54) is 9.58 Å². The fraction of sp³-hybridized carbons (Fsp3) is 0.429. The number of hydrogen-bond acceptors (Lipinski definition) is 10. The summed E-state index contributed by atoms with van der Waals surface area (Å²) in [5.41, 5.74) is 1.58. The van der Waals surface area contributed by atoms with Gasteiger partial charge in [-0.25, -0.2) is 9.67 Å². The number of para-hydroxylation sites is 1. The van der Waals surface area contributed by atoms with Crippen LogP contribution in [0.25, 0.3) is 11.4 Å². The normalized spacial score (nSPS) is 19.1. The van der Waals surface area contributed by atoms with Crippen LogP contribution in [0.1, 0.15) is 56.3 Å². The molecule has 50 heavy (non-hydrogen) atoms. The number of rotatable bonds is 8. The van der Waals surface area contributed by atoms with Crippen molar-refractivity contribution in [3.63, 3.8) is 0 Å². The van der Waals surface area contributed by atoms with Crippen LogP contribution in [0.4, 0.5) is 0 Å². The van der Waals surface area contributed by atoms with Crippen molar-refractivity contribution in [2.45, 2.75) is 71.6 Å². The lowest BCUT2D eigenvalue weighted by molar-refractivity contribution is -0.137. The van der Waals surface area contributed by atoms with E-state index in [2.05, 4.69) is 36.2 Å². The average molecular weight is 686 g/mol. The number of aromatic nitrogens is 5. The summed E-state index contributed by atoms with van der Waals surface area (Å²) in [5.74, 6) is 0.192. The van der Waals surface area contributed by atoms with Gasteiger partial charge in [0.15, 0.2) is 5.82 Å². The summed E-state index contributed by atoms with van der Waals surface area (Å²) >= 11 is 0. The first-order valence-corrected chi connectivity index (χ1v) is 16.6. The Morgan fingerprint density at radius 3 is 2.44 bits per heavy atom. The molecule has 0 aliphatic carbocycles. The topological polar surface area (TPSA) is 186 Å². The van der Waals surface area contributed by atoms with Gasteiger partial charge in [0, 0.05) is 25.4 Å². The second-order valence-electron chi connectivity index (χ2n) is 12.6. The van der Waals surface area contributed by atoms with Gasteiger partial charge in [0.05, 0.1) is 25.3 Å². The SMILES string of the molecule is COc1ccccc1-c1noc(CCC(=O)N2CC(=O)N[C@@H](Cc3ccccc3)c3nc(C)nn3CC(=O)N[C@H](C)C(=O)N[C@@H](C(C)C)C2)n1. The predicted molar refractivity (Wildman–Crippen MR) is 181 cm³/mol. The molecule has 0 bridgehead atoms. The highest BCUT2D eigenvalue weighted by atomic mass is 16.5. The van der Waals surface area contributed by atoms with Crippen LogP contribution < -0.4 is 20.7 Å². The van der Waals surface area contributed by atoms with Gasteiger partial charge in [-0.2, -0.15) is 10.1 Å². The van der Waals surface area contributed by atoms with Gasteiger partial charge in [-0.15, -0.1) is 0 Å². The molecule has 0 fully saturated rings. The number of ether oxygens (including phenoxy) is 1. The van der Waals surface area contributed by atoms with Gasteiger partial charge in [0.1, 0.15) is 24.2 Å². The van der Waals surface area contributed by atoms with E-state index in [0.717, 1.165) is 5.56 Å². The maximum atomic E-state index is 13.9. The Balaban J connectivity index is 1.41. The van der Waals surface area contributed by atoms with Crippen molar-refractivity contribution < 1.29 is 28.4 Å². The number of fused-ring (bicyclic) bond motifs is 1. The van der Waals surface area contributed by atoms with E-state index < -0.39 is 35.8 Å². The third-order valence-corrected chi connectivity index (χ3v) is 8.41. The number of carbonyl (C=O) groups is 4. The van der Waals surface area contributed by atoms with E-state index in [0.29, 0.717) is 35.2 Å². The zero-order valence-corrected chi connectivity index (χ0v) is 28.9. The van der Waals surface area contributed by atoms with Gasteiger partial charge < -0.3 is 30.1 Å². The summed E-state index contributed by atoms with van der Waals surface area (Å²) < 4.78 is 12.3. The molecule has 2 aromatic carbocycles. The van der Waals surface area contributed by atoms with Crippen LogP contribution in [0.15, 0.2) is 59.1 Å². The minimum Gasteiger partial charge on any atom is -0.496 e. The summed E-state index contributed by atoms with van der Waals surface area (Å²) in [6.07, 6.45) is 0.448. The van der Waals surface area contributed by atoms with Gasteiger partial charge in [0.25, 0.3) is 0 Å². The highest BCUT2D eigenvalue weighted by molar-refractivity contribution is 5.88. The van der Waals surface area contributed by atoms with Crippen molar-refractivity contribution in [2.24, 2.45) is 5.92 Å². The molecule has 0 saturated heterocycles. The second kappa shape index (κ2) is 16.2. The number of amides is 4. The fourth-order valence-electron chi connectivity index (χ4n) is 5.69. The van der Waals surface area contributed by atoms with Crippen LogP contribution >= 0.6 is 0 Å².